The Morgan fingerprint density at radius 1 is 1.14 bits per heavy atom. The molecule has 1 saturated heterocycles. The molecule has 0 aliphatic carbocycles. The van der Waals surface area contributed by atoms with E-state index in [9.17, 15) is 9.59 Å². The van der Waals surface area contributed by atoms with Gasteiger partial charge in [-0.05, 0) is 74.6 Å². The van der Waals surface area contributed by atoms with E-state index in [1.807, 2.05) is 42.2 Å². The van der Waals surface area contributed by atoms with Crippen LogP contribution >= 0.6 is 11.6 Å². The number of amides is 2. The molecule has 2 amide bonds. The first-order chi connectivity index (χ1) is 13.9. The molecule has 1 aliphatic rings. The Morgan fingerprint density at radius 3 is 2.59 bits per heavy atom. The first kappa shape index (κ1) is 21.2. The fraction of sp³-hybridized carbons (Fsp3) is 0.391. The number of likely N-dealkylation sites (tertiary alicyclic amines) is 1. The zero-order valence-electron chi connectivity index (χ0n) is 17.0. The Labute approximate surface area is 177 Å². The Morgan fingerprint density at radius 2 is 1.90 bits per heavy atom. The van der Waals surface area contributed by atoms with E-state index in [1.54, 1.807) is 12.1 Å². The fourth-order valence-electron chi connectivity index (χ4n) is 3.60. The molecular weight excluding hydrogens is 386 g/mol. The topological polar surface area (TPSA) is 61.4 Å². The largest absolute Gasteiger partial charge is 0.376 e. The molecule has 2 N–H and O–H groups in total. The summed E-state index contributed by atoms with van der Waals surface area (Å²) < 4.78 is 0. The third kappa shape index (κ3) is 5.73. The number of rotatable bonds is 6. The number of anilines is 1. The molecule has 1 aliphatic heterocycles. The third-order valence-electron chi connectivity index (χ3n) is 5.38. The fourth-order valence-corrected chi connectivity index (χ4v) is 3.73. The van der Waals surface area contributed by atoms with Gasteiger partial charge in [0.15, 0.2) is 0 Å². The quantitative estimate of drug-likeness (QED) is 0.738. The number of piperidine rings is 1. The molecule has 1 atom stereocenters. The number of hydrogen-bond donors (Lipinski definition) is 2. The highest BCUT2D eigenvalue weighted by Gasteiger charge is 2.24. The molecule has 5 nitrogen and oxygen atoms in total. The minimum absolute atomic E-state index is 0.0903. The summed E-state index contributed by atoms with van der Waals surface area (Å²) in [5.74, 6) is -0.00537. The van der Waals surface area contributed by atoms with Gasteiger partial charge in [0.2, 0.25) is 5.91 Å². The molecule has 2 aromatic rings. The van der Waals surface area contributed by atoms with Crippen LogP contribution < -0.4 is 10.6 Å². The van der Waals surface area contributed by atoms with Gasteiger partial charge < -0.3 is 15.5 Å². The SMILES string of the molecule is Cc1cc(C(=O)N2CCCCC2C)ccc1NCC(=O)NCc1ccc(Cl)cc1. The first-order valence-electron chi connectivity index (χ1n) is 10.1. The van der Waals surface area contributed by atoms with Crippen LogP contribution in [0, 0.1) is 6.92 Å². The van der Waals surface area contributed by atoms with Crippen molar-refractivity contribution in [2.75, 3.05) is 18.4 Å². The summed E-state index contributed by atoms with van der Waals surface area (Å²) in [6.45, 7) is 5.52. The van der Waals surface area contributed by atoms with Crippen molar-refractivity contribution in [2.45, 2.75) is 45.7 Å². The van der Waals surface area contributed by atoms with Gasteiger partial charge in [0.05, 0.1) is 6.54 Å². The van der Waals surface area contributed by atoms with Crippen LogP contribution in [0.25, 0.3) is 0 Å². The van der Waals surface area contributed by atoms with Crippen LogP contribution in [0.3, 0.4) is 0 Å². The lowest BCUT2D eigenvalue weighted by molar-refractivity contribution is -0.119. The summed E-state index contributed by atoms with van der Waals surface area (Å²) >= 11 is 5.87. The second-order valence-corrected chi connectivity index (χ2v) is 8.07. The van der Waals surface area contributed by atoms with E-state index in [-0.39, 0.29) is 18.4 Å². The lowest BCUT2D eigenvalue weighted by Crippen LogP contribution is -2.42. The Bertz CT molecular complexity index is 867. The lowest BCUT2D eigenvalue weighted by atomic mass is 10.0. The van der Waals surface area contributed by atoms with E-state index in [0.717, 1.165) is 36.2 Å². The highest BCUT2D eigenvalue weighted by Crippen LogP contribution is 2.22. The van der Waals surface area contributed by atoms with Crippen molar-refractivity contribution in [3.63, 3.8) is 0 Å². The molecule has 1 unspecified atom stereocenters. The number of nitrogens with one attached hydrogen (secondary N) is 2. The van der Waals surface area contributed by atoms with Gasteiger partial charge in [0.1, 0.15) is 0 Å². The van der Waals surface area contributed by atoms with Crippen LogP contribution in [-0.2, 0) is 11.3 Å². The number of benzene rings is 2. The van der Waals surface area contributed by atoms with Gasteiger partial charge in [0.25, 0.3) is 5.91 Å². The maximum Gasteiger partial charge on any atom is 0.254 e. The summed E-state index contributed by atoms with van der Waals surface area (Å²) in [7, 11) is 0. The maximum absolute atomic E-state index is 12.8. The molecular formula is C23H28ClN3O2. The van der Waals surface area contributed by atoms with E-state index in [4.69, 9.17) is 11.6 Å². The molecule has 2 aromatic carbocycles. The lowest BCUT2D eigenvalue weighted by Gasteiger charge is -2.33. The number of hydrogen-bond acceptors (Lipinski definition) is 3. The molecule has 0 saturated carbocycles. The van der Waals surface area contributed by atoms with Crippen molar-refractivity contribution in [3.05, 3.63) is 64.2 Å². The van der Waals surface area contributed by atoms with E-state index < -0.39 is 0 Å². The smallest absolute Gasteiger partial charge is 0.254 e. The van der Waals surface area contributed by atoms with E-state index in [0.29, 0.717) is 23.2 Å². The monoisotopic (exact) mass is 413 g/mol. The summed E-state index contributed by atoms with van der Waals surface area (Å²) in [5.41, 5.74) is 3.50. The van der Waals surface area contributed by atoms with Crippen molar-refractivity contribution >= 4 is 29.1 Å². The Hall–Kier alpha value is -2.53. The van der Waals surface area contributed by atoms with Crippen LogP contribution in [0.1, 0.15) is 47.7 Å². The van der Waals surface area contributed by atoms with Gasteiger partial charge in [-0.3, -0.25) is 9.59 Å². The molecule has 1 heterocycles. The van der Waals surface area contributed by atoms with Crippen molar-refractivity contribution in [1.82, 2.24) is 10.2 Å². The van der Waals surface area contributed by atoms with E-state index >= 15 is 0 Å². The van der Waals surface area contributed by atoms with Crippen LogP contribution in [0.15, 0.2) is 42.5 Å². The van der Waals surface area contributed by atoms with Gasteiger partial charge in [-0.15, -0.1) is 0 Å². The number of carbonyl (C=O) groups is 2. The Balaban J connectivity index is 1.52. The van der Waals surface area contributed by atoms with Gasteiger partial charge >= 0.3 is 0 Å². The molecule has 3 rings (SSSR count). The first-order valence-corrected chi connectivity index (χ1v) is 10.5. The molecule has 0 spiro atoms. The average Bonchev–Trinajstić information content (AvgIpc) is 2.72. The predicted octanol–water partition coefficient (Wildman–Crippen LogP) is 4.39. The van der Waals surface area contributed by atoms with Crippen LogP contribution in [0.5, 0.6) is 0 Å². The van der Waals surface area contributed by atoms with E-state index in [1.165, 1.54) is 6.42 Å². The maximum atomic E-state index is 12.8. The zero-order valence-corrected chi connectivity index (χ0v) is 17.8. The van der Waals surface area contributed by atoms with Crippen molar-refractivity contribution in [1.29, 1.82) is 0 Å². The predicted molar refractivity (Wildman–Crippen MR) is 117 cm³/mol. The van der Waals surface area contributed by atoms with Gasteiger partial charge in [-0.1, -0.05) is 23.7 Å². The number of aryl methyl sites for hydroxylation is 1. The van der Waals surface area contributed by atoms with E-state index in [2.05, 4.69) is 17.6 Å². The van der Waals surface area contributed by atoms with Crippen LogP contribution in [0.4, 0.5) is 5.69 Å². The standard InChI is InChI=1S/C23H28ClN3O2/c1-16-13-19(23(29)27-12-4-3-5-17(27)2)8-11-21(16)25-15-22(28)26-14-18-6-9-20(24)10-7-18/h6-11,13,17,25H,3-5,12,14-15H2,1-2H3,(H,26,28). The second kappa shape index (κ2) is 9.79. The average molecular weight is 414 g/mol. The minimum atomic E-state index is -0.0957. The Kier molecular flexibility index (Phi) is 7.15. The van der Waals surface area contributed by atoms with Gasteiger partial charge in [0, 0.05) is 35.4 Å². The molecule has 1 fully saturated rings. The van der Waals surface area contributed by atoms with Crippen LogP contribution in [0.2, 0.25) is 5.02 Å². The van der Waals surface area contributed by atoms with Crippen molar-refractivity contribution < 1.29 is 9.59 Å². The van der Waals surface area contributed by atoms with Crippen molar-refractivity contribution in [3.8, 4) is 0 Å². The molecule has 0 bridgehead atoms. The van der Waals surface area contributed by atoms with Gasteiger partial charge in [-0.25, -0.2) is 0 Å². The highest BCUT2D eigenvalue weighted by atomic mass is 35.5. The molecule has 6 heteroatoms. The second-order valence-electron chi connectivity index (χ2n) is 7.63. The molecule has 29 heavy (non-hydrogen) atoms. The van der Waals surface area contributed by atoms with Crippen molar-refractivity contribution in [2.24, 2.45) is 0 Å². The zero-order chi connectivity index (χ0) is 20.8. The summed E-state index contributed by atoms with van der Waals surface area (Å²) in [4.78, 5) is 26.9. The number of carbonyl (C=O) groups excluding carboxylic acids is 2. The summed E-state index contributed by atoms with van der Waals surface area (Å²) in [6.07, 6.45) is 3.32. The minimum Gasteiger partial charge on any atom is -0.376 e. The summed E-state index contributed by atoms with van der Waals surface area (Å²) in [6, 6.07) is 13.3. The molecule has 0 radical (unpaired) electrons. The molecule has 0 aromatic heterocycles. The molecule has 154 valence electrons. The normalized spacial score (nSPS) is 16.4. The number of nitrogens with zero attached hydrogens (tertiary/aromatic N) is 1. The highest BCUT2D eigenvalue weighted by molar-refractivity contribution is 6.30. The third-order valence-corrected chi connectivity index (χ3v) is 5.63. The summed E-state index contributed by atoms with van der Waals surface area (Å²) in [5, 5.41) is 6.71. The van der Waals surface area contributed by atoms with Gasteiger partial charge in [-0.2, -0.15) is 0 Å². The number of halogens is 1. The van der Waals surface area contributed by atoms with Crippen LogP contribution in [-0.4, -0.2) is 35.8 Å².